The molecule has 3 atom stereocenters. The van der Waals surface area contributed by atoms with Gasteiger partial charge >= 0.3 is 5.97 Å². The van der Waals surface area contributed by atoms with Crippen molar-refractivity contribution < 1.29 is 19.4 Å². The number of esters is 1. The van der Waals surface area contributed by atoms with Gasteiger partial charge in [0.1, 0.15) is 0 Å². The molecule has 1 unspecified atom stereocenters. The van der Waals surface area contributed by atoms with Crippen LogP contribution in [0.25, 0.3) is 10.9 Å². The second-order valence-electron chi connectivity index (χ2n) is 8.81. The third-order valence-corrected chi connectivity index (χ3v) is 6.50. The summed E-state index contributed by atoms with van der Waals surface area (Å²) < 4.78 is 7.04. The fourth-order valence-electron chi connectivity index (χ4n) is 4.83. The zero-order valence-electron chi connectivity index (χ0n) is 19.3. The first-order valence-corrected chi connectivity index (χ1v) is 11.2. The average Bonchev–Trinajstić information content (AvgIpc) is 3.18. The summed E-state index contributed by atoms with van der Waals surface area (Å²) in [5.74, 6) is -1.21. The number of hydrogen-bond donors (Lipinski definition) is 1. The summed E-state index contributed by atoms with van der Waals surface area (Å²) in [6, 6.07) is 19.9. The molecule has 0 spiro atoms. The zero-order valence-corrected chi connectivity index (χ0v) is 19.3. The van der Waals surface area contributed by atoms with Gasteiger partial charge in [-0.05, 0) is 24.6 Å². The van der Waals surface area contributed by atoms with Crippen molar-refractivity contribution in [2.75, 3.05) is 20.7 Å². The third-order valence-electron chi connectivity index (χ3n) is 6.50. The summed E-state index contributed by atoms with van der Waals surface area (Å²) >= 11 is 0. The molecule has 2 heterocycles. The third kappa shape index (κ3) is 4.71. The van der Waals surface area contributed by atoms with Crippen molar-refractivity contribution >= 4 is 22.7 Å². The van der Waals surface area contributed by atoms with Crippen LogP contribution in [0.15, 0.2) is 72.4 Å². The standard InChI is InChI=1S/C27H30N2O4/c1-18(30)22-16-28(2)17-23(27(32)33-3)21(22)14-26(31)25-13-20-11-7-8-12-24(20)29(25)15-19-9-5-4-6-10-19/h4-13,17-18,21-22,30H,14-16H2,1-3H3/t18?,21-,22+/m0/s1. The summed E-state index contributed by atoms with van der Waals surface area (Å²) in [5.41, 5.74) is 3.12. The number of aliphatic hydroxyl groups is 1. The molecule has 2 aromatic carbocycles. The Labute approximate surface area is 194 Å². The number of nitrogens with zero attached hydrogens (tertiary/aromatic N) is 2. The zero-order chi connectivity index (χ0) is 23.5. The second-order valence-corrected chi connectivity index (χ2v) is 8.81. The molecule has 4 rings (SSSR count). The Hall–Kier alpha value is -3.38. The molecule has 0 aliphatic carbocycles. The van der Waals surface area contributed by atoms with Gasteiger partial charge in [0, 0.05) is 55.5 Å². The van der Waals surface area contributed by atoms with E-state index in [2.05, 4.69) is 0 Å². The number of aromatic nitrogens is 1. The molecular formula is C27H30N2O4. The Kier molecular flexibility index (Phi) is 6.65. The topological polar surface area (TPSA) is 71.8 Å². The number of benzene rings is 2. The number of fused-ring (bicyclic) bond motifs is 1. The molecule has 3 aromatic rings. The highest BCUT2D eigenvalue weighted by atomic mass is 16.5. The van der Waals surface area contributed by atoms with Crippen LogP contribution in [-0.4, -0.2) is 53.1 Å². The van der Waals surface area contributed by atoms with Crippen molar-refractivity contribution in [3.05, 3.63) is 83.7 Å². The highest BCUT2D eigenvalue weighted by Crippen LogP contribution is 2.34. The van der Waals surface area contributed by atoms with Crippen LogP contribution in [-0.2, 0) is 16.1 Å². The molecule has 0 amide bonds. The summed E-state index contributed by atoms with van der Waals surface area (Å²) in [7, 11) is 3.19. The minimum atomic E-state index is -0.672. The minimum Gasteiger partial charge on any atom is -0.466 e. The van der Waals surface area contributed by atoms with Crippen LogP contribution in [0.4, 0.5) is 0 Å². The van der Waals surface area contributed by atoms with E-state index in [1.165, 1.54) is 7.11 Å². The first-order valence-electron chi connectivity index (χ1n) is 11.2. The average molecular weight is 447 g/mol. The van der Waals surface area contributed by atoms with Crippen LogP contribution >= 0.6 is 0 Å². The molecule has 0 saturated carbocycles. The van der Waals surface area contributed by atoms with Crippen molar-refractivity contribution in [1.29, 1.82) is 0 Å². The molecule has 0 radical (unpaired) electrons. The van der Waals surface area contributed by atoms with Gasteiger partial charge in [-0.15, -0.1) is 0 Å². The quantitative estimate of drug-likeness (QED) is 0.441. The van der Waals surface area contributed by atoms with Crippen LogP contribution in [0.5, 0.6) is 0 Å². The van der Waals surface area contributed by atoms with Gasteiger partial charge in [0.05, 0.1) is 24.5 Å². The number of aliphatic hydroxyl groups excluding tert-OH is 1. The molecule has 1 aliphatic rings. The van der Waals surface area contributed by atoms with E-state index in [4.69, 9.17) is 4.74 Å². The molecule has 1 N–H and O–H groups in total. The fraction of sp³-hybridized carbons (Fsp3) is 0.333. The molecule has 1 aromatic heterocycles. The lowest BCUT2D eigenvalue weighted by Gasteiger charge is -2.37. The summed E-state index contributed by atoms with van der Waals surface area (Å²) in [4.78, 5) is 28.1. The summed E-state index contributed by atoms with van der Waals surface area (Å²) in [6.45, 7) is 2.84. The van der Waals surface area contributed by atoms with Crippen molar-refractivity contribution in [1.82, 2.24) is 9.47 Å². The number of carbonyl (C=O) groups is 2. The van der Waals surface area contributed by atoms with Gasteiger partial charge in [-0.1, -0.05) is 48.5 Å². The molecule has 0 bridgehead atoms. The fourth-order valence-corrected chi connectivity index (χ4v) is 4.83. The van der Waals surface area contributed by atoms with E-state index >= 15 is 0 Å². The van der Waals surface area contributed by atoms with Gasteiger partial charge in [0.2, 0.25) is 0 Å². The van der Waals surface area contributed by atoms with Gasteiger partial charge in [-0.25, -0.2) is 4.79 Å². The molecule has 0 saturated heterocycles. The van der Waals surface area contributed by atoms with Gasteiger partial charge in [0.25, 0.3) is 0 Å². The molecule has 6 nitrogen and oxygen atoms in total. The van der Waals surface area contributed by atoms with Crippen molar-refractivity contribution in [2.45, 2.75) is 26.0 Å². The predicted molar refractivity (Wildman–Crippen MR) is 128 cm³/mol. The van der Waals surface area contributed by atoms with E-state index < -0.39 is 18.0 Å². The molecular weight excluding hydrogens is 416 g/mol. The van der Waals surface area contributed by atoms with Crippen molar-refractivity contribution in [2.24, 2.45) is 11.8 Å². The van der Waals surface area contributed by atoms with E-state index in [-0.39, 0.29) is 18.1 Å². The maximum Gasteiger partial charge on any atom is 0.335 e. The van der Waals surface area contributed by atoms with Gasteiger partial charge in [-0.2, -0.15) is 0 Å². The molecule has 172 valence electrons. The maximum absolute atomic E-state index is 13.7. The number of ether oxygens (including phenoxy) is 1. The first-order chi connectivity index (χ1) is 15.9. The van der Waals surface area contributed by atoms with E-state index in [1.54, 1.807) is 13.1 Å². The smallest absolute Gasteiger partial charge is 0.335 e. The van der Waals surface area contributed by atoms with Crippen LogP contribution in [0.1, 0.15) is 29.4 Å². The minimum absolute atomic E-state index is 0.0582. The predicted octanol–water partition coefficient (Wildman–Crippen LogP) is 3.88. The Bertz CT molecular complexity index is 1180. The van der Waals surface area contributed by atoms with E-state index in [0.29, 0.717) is 24.4 Å². The van der Waals surface area contributed by atoms with Gasteiger partial charge < -0.3 is 19.3 Å². The Morgan fingerprint density at radius 2 is 1.82 bits per heavy atom. The van der Waals surface area contributed by atoms with Crippen LogP contribution in [0.3, 0.4) is 0 Å². The number of hydrogen-bond acceptors (Lipinski definition) is 5. The van der Waals surface area contributed by atoms with Crippen LogP contribution in [0, 0.1) is 11.8 Å². The van der Waals surface area contributed by atoms with Crippen LogP contribution in [0.2, 0.25) is 0 Å². The number of ketones is 1. The molecule has 0 fully saturated rings. The molecule has 33 heavy (non-hydrogen) atoms. The lowest BCUT2D eigenvalue weighted by atomic mass is 9.77. The lowest BCUT2D eigenvalue weighted by molar-refractivity contribution is -0.137. The van der Waals surface area contributed by atoms with E-state index in [1.807, 2.05) is 77.2 Å². The SMILES string of the molecule is COC(=O)C1=CN(C)C[C@H](C(C)O)[C@@H]1CC(=O)c1cc2ccccc2n1Cc1ccccc1. The normalized spacial score (nSPS) is 19.3. The van der Waals surface area contributed by atoms with E-state index in [0.717, 1.165) is 16.5 Å². The van der Waals surface area contributed by atoms with Crippen molar-refractivity contribution in [3.63, 3.8) is 0 Å². The van der Waals surface area contributed by atoms with E-state index in [9.17, 15) is 14.7 Å². The highest BCUT2D eigenvalue weighted by molar-refractivity contribution is 6.01. The van der Waals surface area contributed by atoms with Crippen molar-refractivity contribution in [3.8, 4) is 0 Å². The Balaban J connectivity index is 1.72. The van der Waals surface area contributed by atoms with Gasteiger partial charge in [0.15, 0.2) is 5.78 Å². The molecule has 1 aliphatic heterocycles. The monoisotopic (exact) mass is 446 g/mol. The maximum atomic E-state index is 13.7. The lowest BCUT2D eigenvalue weighted by Crippen LogP contribution is -2.42. The molecule has 6 heteroatoms. The second kappa shape index (κ2) is 9.63. The number of Topliss-reactive ketones (excluding diaryl/α,β-unsaturated/α-hetero) is 1. The first kappa shape index (κ1) is 22.8. The highest BCUT2D eigenvalue weighted by Gasteiger charge is 2.38. The number of methoxy groups -OCH3 is 1. The van der Waals surface area contributed by atoms with Gasteiger partial charge in [-0.3, -0.25) is 4.79 Å². The Morgan fingerprint density at radius 1 is 1.12 bits per heavy atom. The number of para-hydroxylation sites is 1. The number of rotatable bonds is 7. The largest absolute Gasteiger partial charge is 0.466 e. The Morgan fingerprint density at radius 3 is 2.52 bits per heavy atom. The number of carbonyl (C=O) groups excluding carboxylic acids is 2. The van der Waals surface area contributed by atoms with Crippen LogP contribution < -0.4 is 0 Å². The summed E-state index contributed by atoms with van der Waals surface area (Å²) in [5, 5.41) is 11.5. The summed E-state index contributed by atoms with van der Waals surface area (Å²) in [6.07, 6.45) is 1.19.